The van der Waals surface area contributed by atoms with Gasteiger partial charge in [-0.25, -0.2) is 5.01 Å². The average molecular weight is 131 g/mol. The highest BCUT2D eigenvalue weighted by atomic mass is 15.4. The second-order valence-electron chi connectivity index (χ2n) is 2.28. The first-order valence-electron chi connectivity index (χ1n) is 3.37. The highest BCUT2D eigenvalue weighted by Crippen LogP contribution is 1.82. The Kier molecular flexibility index (Phi) is 4.67. The monoisotopic (exact) mass is 131 g/mol. The summed E-state index contributed by atoms with van der Waals surface area (Å²) in [5, 5.41) is 4.90. The van der Waals surface area contributed by atoms with E-state index in [9.17, 15) is 0 Å². The van der Waals surface area contributed by atoms with E-state index in [-0.39, 0.29) is 0 Å². The van der Waals surface area contributed by atoms with Gasteiger partial charge in [-0.3, -0.25) is 5.84 Å². The molecule has 0 aliphatic heterocycles. The van der Waals surface area contributed by atoms with Gasteiger partial charge in [0, 0.05) is 19.1 Å². The summed E-state index contributed by atoms with van der Waals surface area (Å²) in [6.07, 6.45) is 0. The third-order valence-electron chi connectivity index (χ3n) is 1.41. The smallest absolute Gasteiger partial charge is 0.0279 e. The second-order valence-corrected chi connectivity index (χ2v) is 2.28. The predicted octanol–water partition coefficient (Wildman–Crippen LogP) is -0.210. The molecule has 9 heavy (non-hydrogen) atoms. The van der Waals surface area contributed by atoms with Gasteiger partial charge in [-0.05, 0) is 14.0 Å². The molecule has 0 aromatic carbocycles. The highest BCUT2D eigenvalue weighted by molar-refractivity contribution is 4.59. The molecule has 0 spiro atoms. The fraction of sp³-hybridized carbons (Fsp3) is 1.00. The zero-order chi connectivity index (χ0) is 7.28. The number of hydrazine groups is 1. The van der Waals surface area contributed by atoms with Crippen molar-refractivity contribution >= 4 is 0 Å². The molecule has 1 atom stereocenters. The Morgan fingerprint density at radius 2 is 2.22 bits per heavy atom. The van der Waals surface area contributed by atoms with Gasteiger partial charge in [0.05, 0.1) is 0 Å². The molecule has 0 saturated heterocycles. The van der Waals surface area contributed by atoms with Crippen molar-refractivity contribution in [3.8, 4) is 0 Å². The maximum absolute atomic E-state index is 5.54. The van der Waals surface area contributed by atoms with E-state index in [0.717, 1.165) is 13.1 Å². The van der Waals surface area contributed by atoms with Crippen LogP contribution in [-0.2, 0) is 0 Å². The average Bonchev–Trinajstić information content (AvgIpc) is 1.87. The van der Waals surface area contributed by atoms with Crippen LogP contribution in [0.4, 0.5) is 0 Å². The third-order valence-corrected chi connectivity index (χ3v) is 1.41. The first-order chi connectivity index (χ1) is 4.20. The lowest BCUT2D eigenvalue weighted by Crippen LogP contribution is -2.41. The van der Waals surface area contributed by atoms with Crippen molar-refractivity contribution in [2.45, 2.75) is 19.9 Å². The molecule has 0 aliphatic carbocycles. The number of likely N-dealkylation sites (N-methyl/N-ethyl adjacent to an activating group) is 2. The summed E-state index contributed by atoms with van der Waals surface area (Å²) in [5.74, 6) is 5.54. The molecule has 0 fully saturated rings. The van der Waals surface area contributed by atoms with Gasteiger partial charge in [0.1, 0.15) is 0 Å². The molecule has 3 heteroatoms. The molecule has 0 radical (unpaired) electrons. The first-order valence-corrected chi connectivity index (χ1v) is 3.37. The number of rotatable bonds is 4. The molecule has 1 unspecified atom stereocenters. The van der Waals surface area contributed by atoms with E-state index in [1.807, 2.05) is 14.0 Å². The van der Waals surface area contributed by atoms with Crippen LogP contribution in [0.5, 0.6) is 0 Å². The van der Waals surface area contributed by atoms with Gasteiger partial charge in [-0.1, -0.05) is 6.92 Å². The molecule has 0 heterocycles. The number of hydrogen-bond donors (Lipinski definition) is 2. The normalized spacial score (nSPS) is 14.3. The van der Waals surface area contributed by atoms with Crippen molar-refractivity contribution in [1.82, 2.24) is 10.3 Å². The van der Waals surface area contributed by atoms with Gasteiger partial charge in [-0.15, -0.1) is 0 Å². The SMILES string of the molecule is CCN(N)CC(C)NC. The molecule has 0 rings (SSSR count). The van der Waals surface area contributed by atoms with Gasteiger partial charge >= 0.3 is 0 Å². The van der Waals surface area contributed by atoms with Crippen molar-refractivity contribution < 1.29 is 0 Å². The van der Waals surface area contributed by atoms with Crippen LogP contribution in [0.2, 0.25) is 0 Å². The molecule has 0 amide bonds. The third kappa shape index (κ3) is 4.39. The van der Waals surface area contributed by atoms with E-state index in [1.165, 1.54) is 0 Å². The summed E-state index contributed by atoms with van der Waals surface area (Å²) in [6.45, 7) is 5.97. The molecule has 56 valence electrons. The largest absolute Gasteiger partial charge is 0.316 e. The Bertz CT molecular complexity index is 57.3. The van der Waals surface area contributed by atoms with E-state index >= 15 is 0 Å². The van der Waals surface area contributed by atoms with Crippen LogP contribution in [0.3, 0.4) is 0 Å². The lowest BCUT2D eigenvalue weighted by atomic mass is 10.3. The Labute approximate surface area is 57.2 Å². The topological polar surface area (TPSA) is 41.3 Å². The van der Waals surface area contributed by atoms with Crippen molar-refractivity contribution in [3.63, 3.8) is 0 Å². The number of nitrogens with one attached hydrogen (secondary N) is 1. The van der Waals surface area contributed by atoms with Crippen molar-refractivity contribution in [3.05, 3.63) is 0 Å². The molecular weight excluding hydrogens is 114 g/mol. The first kappa shape index (κ1) is 8.88. The summed E-state index contributed by atoms with van der Waals surface area (Å²) < 4.78 is 0. The molecular formula is C6H17N3. The molecule has 0 aromatic rings. The molecule has 0 saturated carbocycles. The molecule has 0 aromatic heterocycles. The van der Waals surface area contributed by atoms with Gasteiger partial charge in [0.25, 0.3) is 0 Å². The van der Waals surface area contributed by atoms with Gasteiger partial charge < -0.3 is 5.32 Å². The standard InChI is InChI=1S/C6H17N3/c1-4-9(7)5-6(2)8-3/h6,8H,4-5,7H2,1-3H3. The van der Waals surface area contributed by atoms with Crippen molar-refractivity contribution in [2.24, 2.45) is 5.84 Å². The minimum Gasteiger partial charge on any atom is -0.316 e. The number of hydrogen-bond acceptors (Lipinski definition) is 3. The number of nitrogens with zero attached hydrogens (tertiary/aromatic N) is 1. The van der Waals surface area contributed by atoms with Crippen LogP contribution in [0.15, 0.2) is 0 Å². The zero-order valence-corrected chi connectivity index (χ0v) is 6.52. The summed E-state index contributed by atoms with van der Waals surface area (Å²) in [6, 6.07) is 0.481. The fourth-order valence-corrected chi connectivity index (χ4v) is 0.572. The maximum atomic E-state index is 5.54. The van der Waals surface area contributed by atoms with Gasteiger partial charge in [-0.2, -0.15) is 0 Å². The molecule has 3 nitrogen and oxygen atoms in total. The van der Waals surface area contributed by atoms with Crippen LogP contribution in [-0.4, -0.2) is 31.2 Å². The lowest BCUT2D eigenvalue weighted by Gasteiger charge is -2.18. The van der Waals surface area contributed by atoms with Crippen molar-refractivity contribution in [2.75, 3.05) is 20.1 Å². The van der Waals surface area contributed by atoms with Crippen molar-refractivity contribution in [1.29, 1.82) is 0 Å². The highest BCUT2D eigenvalue weighted by Gasteiger charge is 2.00. The summed E-state index contributed by atoms with van der Waals surface area (Å²) in [4.78, 5) is 0. The summed E-state index contributed by atoms with van der Waals surface area (Å²) >= 11 is 0. The second kappa shape index (κ2) is 4.73. The lowest BCUT2D eigenvalue weighted by molar-refractivity contribution is 0.271. The fourth-order valence-electron chi connectivity index (χ4n) is 0.572. The molecule has 0 aliphatic rings. The predicted molar refractivity (Wildman–Crippen MR) is 40.0 cm³/mol. The van der Waals surface area contributed by atoms with E-state index in [0.29, 0.717) is 6.04 Å². The van der Waals surface area contributed by atoms with E-state index < -0.39 is 0 Å². The Morgan fingerprint density at radius 1 is 1.67 bits per heavy atom. The van der Waals surface area contributed by atoms with Crippen LogP contribution in [0, 0.1) is 0 Å². The van der Waals surface area contributed by atoms with Gasteiger partial charge in [0.15, 0.2) is 0 Å². The van der Waals surface area contributed by atoms with E-state index in [1.54, 1.807) is 5.01 Å². The van der Waals surface area contributed by atoms with Crippen LogP contribution >= 0.6 is 0 Å². The van der Waals surface area contributed by atoms with Crippen LogP contribution in [0.1, 0.15) is 13.8 Å². The Morgan fingerprint density at radius 3 is 2.56 bits per heavy atom. The molecule has 0 bridgehead atoms. The van der Waals surface area contributed by atoms with E-state index in [4.69, 9.17) is 5.84 Å². The zero-order valence-electron chi connectivity index (χ0n) is 6.52. The number of nitrogens with two attached hydrogens (primary N) is 1. The van der Waals surface area contributed by atoms with E-state index in [2.05, 4.69) is 12.2 Å². The Balaban J connectivity index is 3.22. The van der Waals surface area contributed by atoms with Crippen LogP contribution < -0.4 is 11.2 Å². The minimum atomic E-state index is 0.481. The Hall–Kier alpha value is -0.120. The quantitative estimate of drug-likeness (QED) is 0.410. The minimum absolute atomic E-state index is 0.481. The van der Waals surface area contributed by atoms with Gasteiger partial charge in [0.2, 0.25) is 0 Å². The molecule has 3 N–H and O–H groups in total. The summed E-state index contributed by atoms with van der Waals surface area (Å²) in [5.41, 5.74) is 0. The maximum Gasteiger partial charge on any atom is 0.0279 e. The van der Waals surface area contributed by atoms with Crippen LogP contribution in [0.25, 0.3) is 0 Å². The summed E-state index contributed by atoms with van der Waals surface area (Å²) in [7, 11) is 1.94.